The lowest BCUT2D eigenvalue weighted by atomic mass is 10.2. The van der Waals surface area contributed by atoms with E-state index in [9.17, 15) is 4.79 Å². The Bertz CT molecular complexity index is 701. The first kappa shape index (κ1) is 12.9. The van der Waals surface area contributed by atoms with Gasteiger partial charge in [0, 0.05) is 17.7 Å². The molecule has 0 amide bonds. The third-order valence-electron chi connectivity index (χ3n) is 2.85. The van der Waals surface area contributed by atoms with Crippen molar-refractivity contribution in [1.29, 1.82) is 0 Å². The molecule has 0 fully saturated rings. The predicted molar refractivity (Wildman–Crippen MR) is 71.7 cm³/mol. The number of carbonyl (C=O) groups excluding carboxylic acids is 1. The van der Waals surface area contributed by atoms with Crippen LogP contribution in [0.2, 0.25) is 0 Å². The van der Waals surface area contributed by atoms with E-state index in [-0.39, 0.29) is 12.6 Å². The third-order valence-corrected chi connectivity index (χ3v) is 2.85. The fraction of sp³-hybridized carbons (Fsp3) is 0.0714. The maximum atomic E-state index is 11.9. The Morgan fingerprint density at radius 1 is 1.14 bits per heavy atom. The number of hydrogen-bond acceptors (Lipinski definition) is 5. The molecule has 7 nitrogen and oxygen atoms in total. The van der Waals surface area contributed by atoms with Gasteiger partial charge in [0.1, 0.15) is 0 Å². The number of rotatable bonds is 3. The van der Waals surface area contributed by atoms with Gasteiger partial charge in [0.15, 0.2) is 29.7 Å². The largest absolute Gasteiger partial charge is 0.454 e. The van der Waals surface area contributed by atoms with Crippen LogP contribution in [-0.2, 0) is 4.84 Å². The number of pyridine rings is 1. The van der Waals surface area contributed by atoms with Gasteiger partial charge >= 0.3 is 5.97 Å². The molecule has 0 bridgehead atoms. The van der Waals surface area contributed by atoms with E-state index in [2.05, 4.69) is 10.1 Å². The predicted octanol–water partition coefficient (Wildman–Crippen LogP) is 0.707. The summed E-state index contributed by atoms with van der Waals surface area (Å²) in [6.45, 7) is 0.143. The van der Waals surface area contributed by atoms with Gasteiger partial charge in [-0.3, -0.25) is 0 Å². The second kappa shape index (κ2) is 5.49. The number of H-pyrrole nitrogens is 1. The molecule has 1 aromatic heterocycles. The Hall–Kier alpha value is -3.09. The maximum absolute atomic E-state index is 11.9. The first-order valence-electron chi connectivity index (χ1n) is 6.15. The zero-order valence-electron chi connectivity index (χ0n) is 10.9. The topological polar surface area (TPSA) is 97.3 Å². The molecule has 0 spiro atoms. The minimum absolute atomic E-state index is 0.109. The molecule has 3 N–H and O–H groups in total. The van der Waals surface area contributed by atoms with Gasteiger partial charge in [-0.15, -0.1) is 0 Å². The molecule has 0 radical (unpaired) electrons. The lowest BCUT2D eigenvalue weighted by molar-refractivity contribution is -0.378. The van der Waals surface area contributed by atoms with E-state index in [4.69, 9.17) is 20.0 Å². The van der Waals surface area contributed by atoms with Crippen molar-refractivity contribution in [1.82, 2.24) is 0 Å². The van der Waals surface area contributed by atoms with Crippen molar-refractivity contribution in [2.45, 2.75) is 0 Å². The van der Waals surface area contributed by atoms with Gasteiger partial charge in [0.05, 0.1) is 5.56 Å². The number of nitrogens with one attached hydrogen (secondary N) is 1. The highest BCUT2D eigenvalue weighted by molar-refractivity contribution is 5.98. The number of aromatic nitrogens is 1. The van der Waals surface area contributed by atoms with Crippen LogP contribution >= 0.6 is 0 Å². The molecule has 7 heteroatoms. The monoisotopic (exact) mass is 286 g/mol. The molecule has 1 aromatic carbocycles. The Morgan fingerprint density at radius 2 is 1.90 bits per heavy atom. The van der Waals surface area contributed by atoms with Crippen LogP contribution < -0.4 is 20.2 Å². The van der Waals surface area contributed by atoms with E-state index in [0.717, 1.165) is 0 Å². The van der Waals surface area contributed by atoms with Crippen molar-refractivity contribution < 1.29 is 24.1 Å². The van der Waals surface area contributed by atoms with E-state index in [1.54, 1.807) is 36.7 Å². The number of hydrogen-bond donors (Lipinski definition) is 1. The summed E-state index contributed by atoms with van der Waals surface area (Å²) in [4.78, 5) is 19.6. The normalized spacial score (nSPS) is 13.0. The Labute approximate surface area is 119 Å². The van der Waals surface area contributed by atoms with Crippen LogP contribution in [0.15, 0.2) is 47.9 Å². The molecule has 21 heavy (non-hydrogen) atoms. The van der Waals surface area contributed by atoms with E-state index >= 15 is 0 Å². The summed E-state index contributed by atoms with van der Waals surface area (Å²) in [6, 6.07) is 8.17. The number of nitrogens with two attached hydrogens (primary N) is 1. The van der Waals surface area contributed by atoms with Gasteiger partial charge < -0.3 is 20.0 Å². The lowest BCUT2D eigenvalue weighted by Crippen LogP contribution is -2.16. The number of fused-ring (bicyclic) bond motifs is 1. The first-order valence-corrected chi connectivity index (χ1v) is 6.15. The summed E-state index contributed by atoms with van der Waals surface area (Å²) in [5, 5.41) is 3.62. The first-order chi connectivity index (χ1) is 10.2. The molecule has 1 aliphatic rings. The summed E-state index contributed by atoms with van der Waals surface area (Å²) < 4.78 is 10.4. The molecule has 0 unspecified atom stereocenters. The molecule has 0 saturated carbocycles. The van der Waals surface area contributed by atoms with Gasteiger partial charge in [-0.2, -0.15) is 0 Å². The summed E-state index contributed by atoms with van der Waals surface area (Å²) in [5.74, 6) is 0.576. The SMILES string of the molecule is NC(=NOC(=O)c1ccc2c(c1)OCO2)c1cc[nH+]cc1. The second-order valence-electron chi connectivity index (χ2n) is 4.21. The van der Waals surface area contributed by atoms with E-state index < -0.39 is 5.97 Å². The van der Waals surface area contributed by atoms with Crippen LogP contribution in [0, 0.1) is 0 Å². The van der Waals surface area contributed by atoms with E-state index in [1.165, 1.54) is 6.07 Å². The molecule has 1 aliphatic heterocycles. The fourth-order valence-corrected chi connectivity index (χ4v) is 1.78. The zero-order chi connectivity index (χ0) is 14.7. The molecular formula is C14H12N3O4+. The molecular weight excluding hydrogens is 274 g/mol. The number of oxime groups is 1. The number of ether oxygens (including phenoxy) is 2. The van der Waals surface area contributed by atoms with Gasteiger partial charge in [0.2, 0.25) is 6.79 Å². The minimum atomic E-state index is -0.626. The second-order valence-corrected chi connectivity index (χ2v) is 4.21. The quantitative estimate of drug-likeness (QED) is 0.388. The Morgan fingerprint density at radius 3 is 2.71 bits per heavy atom. The minimum Gasteiger partial charge on any atom is -0.454 e. The molecule has 0 aliphatic carbocycles. The highest BCUT2D eigenvalue weighted by Gasteiger charge is 2.17. The Balaban J connectivity index is 1.72. The van der Waals surface area contributed by atoms with Gasteiger partial charge in [-0.25, -0.2) is 9.78 Å². The highest BCUT2D eigenvalue weighted by atomic mass is 16.7. The van der Waals surface area contributed by atoms with Crippen molar-refractivity contribution in [2.24, 2.45) is 10.9 Å². The maximum Gasteiger partial charge on any atom is 0.365 e. The average Bonchev–Trinajstić information content (AvgIpc) is 3.00. The van der Waals surface area contributed by atoms with Gasteiger partial charge in [-0.1, -0.05) is 5.16 Å². The highest BCUT2D eigenvalue weighted by Crippen LogP contribution is 2.32. The van der Waals surface area contributed by atoms with Gasteiger partial charge in [0.25, 0.3) is 0 Å². The number of benzene rings is 1. The summed E-state index contributed by atoms with van der Waals surface area (Å²) in [7, 11) is 0. The fourth-order valence-electron chi connectivity index (χ4n) is 1.78. The Kier molecular flexibility index (Phi) is 3.38. The summed E-state index contributed by atoms with van der Waals surface area (Å²) in [5.41, 5.74) is 6.67. The van der Waals surface area contributed by atoms with E-state index in [1.807, 2.05) is 0 Å². The van der Waals surface area contributed by atoms with Crippen LogP contribution in [0.5, 0.6) is 11.5 Å². The smallest absolute Gasteiger partial charge is 0.365 e. The van der Waals surface area contributed by atoms with Crippen molar-refractivity contribution in [2.75, 3.05) is 6.79 Å². The lowest BCUT2D eigenvalue weighted by Gasteiger charge is -2.01. The van der Waals surface area contributed by atoms with Gasteiger partial charge in [-0.05, 0) is 18.2 Å². The van der Waals surface area contributed by atoms with E-state index in [0.29, 0.717) is 22.6 Å². The average molecular weight is 286 g/mol. The van der Waals surface area contributed by atoms with Crippen LogP contribution in [0.25, 0.3) is 0 Å². The molecule has 106 valence electrons. The molecule has 3 rings (SSSR count). The third kappa shape index (κ3) is 2.76. The number of aromatic amines is 1. The molecule has 0 atom stereocenters. The van der Waals surface area contributed by atoms with Crippen LogP contribution in [-0.4, -0.2) is 18.6 Å². The van der Waals surface area contributed by atoms with Crippen molar-refractivity contribution in [3.05, 3.63) is 53.9 Å². The number of amidine groups is 1. The van der Waals surface area contributed by atoms with Crippen molar-refractivity contribution >= 4 is 11.8 Å². The number of carbonyl (C=O) groups is 1. The standard InChI is InChI=1S/C14H11N3O4/c15-13(9-3-5-16-6-4-9)17-21-14(18)10-1-2-11-12(7-10)20-8-19-11/h1-7H,8H2,(H2,15,17)/p+1. The molecule has 2 heterocycles. The van der Waals surface area contributed by atoms with Crippen LogP contribution in [0.3, 0.4) is 0 Å². The van der Waals surface area contributed by atoms with Crippen LogP contribution in [0.1, 0.15) is 15.9 Å². The van der Waals surface area contributed by atoms with Crippen LogP contribution in [0.4, 0.5) is 0 Å². The molecule has 0 saturated heterocycles. The summed E-state index contributed by atoms with van der Waals surface area (Å²) in [6.07, 6.45) is 3.38. The number of nitrogens with zero attached hydrogens (tertiary/aromatic N) is 1. The molecule has 2 aromatic rings. The summed E-state index contributed by atoms with van der Waals surface area (Å²) >= 11 is 0. The zero-order valence-corrected chi connectivity index (χ0v) is 10.9. The van der Waals surface area contributed by atoms with Crippen molar-refractivity contribution in [3.63, 3.8) is 0 Å². The van der Waals surface area contributed by atoms with Crippen molar-refractivity contribution in [3.8, 4) is 11.5 Å².